The largest absolute Gasteiger partial charge is 0.447 e. The first-order chi connectivity index (χ1) is 22.2. The Kier molecular flexibility index (Phi) is 13.6. The third-order valence-corrected chi connectivity index (χ3v) is 11.3. The number of nitrogens with zero attached hydrogens (tertiary/aromatic N) is 6. The molecule has 2 amide bonds. The van der Waals surface area contributed by atoms with Gasteiger partial charge in [0.15, 0.2) is 0 Å². The van der Waals surface area contributed by atoms with E-state index in [9.17, 15) is 9.59 Å². The van der Waals surface area contributed by atoms with Gasteiger partial charge in [-0.1, -0.05) is 0 Å². The van der Waals surface area contributed by atoms with Gasteiger partial charge < -0.3 is 39.7 Å². The Balaban J connectivity index is 1.39. The molecule has 0 saturated carbocycles. The van der Waals surface area contributed by atoms with E-state index in [-0.39, 0.29) is 41.5 Å². The lowest BCUT2D eigenvalue weighted by molar-refractivity contribution is 0.00430. The average Bonchev–Trinajstić information content (AvgIpc) is 2.97. The molecule has 4 fully saturated rings. The predicted molar refractivity (Wildman–Crippen MR) is 188 cm³/mol. The fraction of sp³-hybridized carbons (Fsp3) is 0.943. The summed E-state index contributed by atoms with van der Waals surface area (Å²) in [7, 11) is 6.53. The van der Waals surface area contributed by atoms with Crippen molar-refractivity contribution < 1.29 is 19.1 Å². The fourth-order valence-corrected chi connectivity index (χ4v) is 8.04. The summed E-state index contributed by atoms with van der Waals surface area (Å²) in [5, 5.41) is 6.73. The van der Waals surface area contributed by atoms with Crippen LogP contribution in [0.3, 0.4) is 0 Å². The van der Waals surface area contributed by atoms with Gasteiger partial charge in [0.25, 0.3) is 0 Å². The third-order valence-electron chi connectivity index (χ3n) is 11.3. The van der Waals surface area contributed by atoms with E-state index >= 15 is 0 Å². The second-order valence-electron chi connectivity index (χ2n) is 16.1. The van der Waals surface area contributed by atoms with Crippen LogP contribution in [-0.4, -0.2) is 183 Å². The molecule has 47 heavy (non-hydrogen) atoms. The van der Waals surface area contributed by atoms with E-state index in [1.165, 1.54) is 0 Å². The Bertz CT molecular complexity index is 998. The molecule has 3 unspecified atom stereocenters. The van der Waals surface area contributed by atoms with Crippen LogP contribution in [0.5, 0.6) is 0 Å². The molecule has 2 N–H and O–H groups in total. The van der Waals surface area contributed by atoms with E-state index in [0.717, 1.165) is 111 Å². The first-order valence-corrected chi connectivity index (χ1v) is 18.4. The summed E-state index contributed by atoms with van der Waals surface area (Å²) < 4.78 is 11.7. The van der Waals surface area contributed by atoms with Gasteiger partial charge in [-0.3, -0.25) is 9.80 Å². The Morgan fingerprint density at radius 2 is 1.32 bits per heavy atom. The van der Waals surface area contributed by atoms with Gasteiger partial charge in [0.05, 0.1) is 17.2 Å². The van der Waals surface area contributed by atoms with E-state index in [1.54, 1.807) is 0 Å². The van der Waals surface area contributed by atoms with Crippen molar-refractivity contribution in [3.05, 3.63) is 0 Å². The second kappa shape index (κ2) is 16.8. The number of likely N-dealkylation sites (tertiary alicyclic amines) is 2. The topological polar surface area (TPSA) is 96.1 Å². The summed E-state index contributed by atoms with van der Waals surface area (Å²) in [6.45, 7) is 23.9. The van der Waals surface area contributed by atoms with Gasteiger partial charge in [0, 0.05) is 103 Å². The molecule has 4 aliphatic rings. The molecule has 0 aromatic carbocycles. The number of amides is 2. The predicted octanol–water partition coefficient (Wildman–Crippen LogP) is 2.59. The van der Waals surface area contributed by atoms with Crippen LogP contribution in [0.25, 0.3) is 0 Å². The van der Waals surface area contributed by atoms with Crippen LogP contribution in [-0.2, 0) is 9.47 Å². The van der Waals surface area contributed by atoms with Crippen LogP contribution >= 0.6 is 0 Å². The van der Waals surface area contributed by atoms with Crippen molar-refractivity contribution in [2.24, 2.45) is 0 Å². The highest BCUT2D eigenvalue weighted by atomic mass is 16.6. The number of piperidine rings is 2. The van der Waals surface area contributed by atoms with E-state index in [4.69, 9.17) is 9.47 Å². The highest BCUT2D eigenvalue weighted by molar-refractivity contribution is 5.69. The average molecular weight is 665 g/mol. The van der Waals surface area contributed by atoms with Crippen molar-refractivity contribution in [3.8, 4) is 0 Å². The molecule has 0 bridgehead atoms. The summed E-state index contributed by atoms with van der Waals surface area (Å²) in [4.78, 5) is 41.2. The van der Waals surface area contributed by atoms with E-state index < -0.39 is 0 Å². The molecule has 272 valence electrons. The lowest BCUT2D eigenvalue weighted by atomic mass is 9.85. The zero-order valence-corrected chi connectivity index (χ0v) is 31.2. The van der Waals surface area contributed by atoms with Crippen LogP contribution in [0, 0.1) is 0 Å². The number of alkyl carbamates (subject to hydrolysis) is 2. The first-order valence-electron chi connectivity index (χ1n) is 18.4. The normalized spacial score (nSPS) is 27.9. The maximum Gasteiger partial charge on any atom is 0.407 e. The van der Waals surface area contributed by atoms with Crippen molar-refractivity contribution in [3.63, 3.8) is 0 Å². The molecule has 4 saturated heterocycles. The smallest absolute Gasteiger partial charge is 0.407 e. The third kappa shape index (κ3) is 11.2. The first kappa shape index (κ1) is 38.1. The van der Waals surface area contributed by atoms with Gasteiger partial charge in [0.1, 0.15) is 6.10 Å². The molecule has 4 rings (SSSR count). The van der Waals surface area contributed by atoms with E-state index in [1.807, 2.05) is 20.8 Å². The van der Waals surface area contributed by atoms with E-state index in [2.05, 4.69) is 81.9 Å². The molecule has 4 aliphatic heterocycles. The molecular weight excluding hydrogens is 596 g/mol. The summed E-state index contributed by atoms with van der Waals surface area (Å²) in [5.41, 5.74) is -0.627. The summed E-state index contributed by atoms with van der Waals surface area (Å²) in [6, 6.07) is 1.20. The van der Waals surface area contributed by atoms with Gasteiger partial charge in [-0.05, 0) is 88.4 Å². The van der Waals surface area contributed by atoms with Crippen LogP contribution in [0.2, 0.25) is 0 Å². The molecule has 12 heteroatoms. The number of hydrogen-bond acceptors (Lipinski definition) is 10. The van der Waals surface area contributed by atoms with Crippen molar-refractivity contribution in [1.82, 2.24) is 40.0 Å². The SMILES string of the molecule is CC(C)OC(=O)NC1(CN2CCN(C)CC2CC(C)OC(=O)NC2(CN3CCN(C)C(C)C3)CCN(C)CC2)CCN(C(C)C)CC1. The van der Waals surface area contributed by atoms with Gasteiger partial charge in [-0.25, -0.2) is 9.59 Å². The number of carbonyl (C=O) groups is 2. The fourth-order valence-electron chi connectivity index (χ4n) is 8.04. The van der Waals surface area contributed by atoms with Crippen molar-refractivity contribution in [2.45, 2.75) is 115 Å². The van der Waals surface area contributed by atoms with Gasteiger partial charge >= 0.3 is 12.2 Å². The summed E-state index contributed by atoms with van der Waals surface area (Å²) in [5.74, 6) is 0. The van der Waals surface area contributed by atoms with Crippen molar-refractivity contribution in [1.29, 1.82) is 0 Å². The van der Waals surface area contributed by atoms with Crippen LogP contribution in [0.15, 0.2) is 0 Å². The quantitative estimate of drug-likeness (QED) is 0.343. The highest BCUT2D eigenvalue weighted by Gasteiger charge is 2.42. The second-order valence-corrected chi connectivity index (χ2v) is 16.1. The number of rotatable bonds is 11. The summed E-state index contributed by atoms with van der Waals surface area (Å²) >= 11 is 0. The summed E-state index contributed by atoms with van der Waals surface area (Å²) in [6.07, 6.45) is 3.34. The number of piperazine rings is 2. The molecule has 0 spiro atoms. The van der Waals surface area contributed by atoms with Crippen molar-refractivity contribution in [2.75, 3.05) is 99.7 Å². The molecular formula is C35H68N8O4. The molecule has 12 nitrogen and oxygen atoms in total. The van der Waals surface area contributed by atoms with Crippen LogP contribution in [0.1, 0.15) is 73.6 Å². The van der Waals surface area contributed by atoms with Crippen molar-refractivity contribution >= 4 is 12.2 Å². The monoisotopic (exact) mass is 665 g/mol. The Labute approximate surface area is 285 Å². The van der Waals surface area contributed by atoms with E-state index in [0.29, 0.717) is 12.1 Å². The maximum absolute atomic E-state index is 13.6. The molecule has 0 radical (unpaired) electrons. The van der Waals surface area contributed by atoms with Gasteiger partial charge in [0.2, 0.25) is 0 Å². The van der Waals surface area contributed by atoms with Crippen LogP contribution < -0.4 is 10.6 Å². The lowest BCUT2D eigenvalue weighted by Gasteiger charge is -2.49. The Hall–Kier alpha value is -1.70. The minimum absolute atomic E-state index is 0.165. The Morgan fingerprint density at radius 1 is 0.723 bits per heavy atom. The molecule has 3 atom stereocenters. The number of nitrogens with one attached hydrogen (secondary N) is 2. The minimum Gasteiger partial charge on any atom is -0.447 e. The molecule has 0 aromatic rings. The number of likely N-dealkylation sites (N-methyl/N-ethyl adjacent to an activating group) is 2. The number of carbonyl (C=O) groups excluding carboxylic acids is 2. The van der Waals surface area contributed by atoms with Gasteiger partial charge in [-0.15, -0.1) is 0 Å². The molecule has 0 aliphatic carbocycles. The molecule has 0 aromatic heterocycles. The highest BCUT2D eigenvalue weighted by Crippen LogP contribution is 2.29. The maximum atomic E-state index is 13.6. The number of ether oxygens (including phenoxy) is 2. The van der Waals surface area contributed by atoms with Gasteiger partial charge in [-0.2, -0.15) is 0 Å². The zero-order valence-electron chi connectivity index (χ0n) is 31.2. The zero-order chi connectivity index (χ0) is 34.4. The van der Waals surface area contributed by atoms with Crippen LogP contribution in [0.4, 0.5) is 9.59 Å². The Morgan fingerprint density at radius 3 is 1.91 bits per heavy atom. The molecule has 4 heterocycles. The standard InChI is InChI=1S/C35H68N8O4/c1-27(2)42-16-12-35(13-17-42,36-32(44)46-28(3)4)26-43-21-18-39(8)24-31(43)22-30(6)47-33(45)37-34(10-14-38(7)15-11-34)25-41-20-19-40(9)29(5)23-41/h27-31H,10-26H2,1-9H3,(H,36,44)(H,37,45). The lowest BCUT2D eigenvalue weighted by Crippen LogP contribution is -2.65. The number of hydrogen-bond donors (Lipinski definition) is 2. The minimum atomic E-state index is -0.353.